The summed E-state index contributed by atoms with van der Waals surface area (Å²) in [4.78, 5) is 38.2. The number of unbranched alkanes of at least 4 members (excludes halogenated alkanes) is 38. The van der Waals surface area contributed by atoms with Crippen LogP contribution in [-0.2, 0) is 28.6 Å². The van der Waals surface area contributed by atoms with Crippen LogP contribution in [0.2, 0.25) is 0 Å². The normalized spacial score (nSPS) is 12.4. The number of hydrogen-bond donors (Lipinski definition) is 0. The van der Waals surface area contributed by atoms with Crippen LogP contribution in [0.5, 0.6) is 0 Å². The number of carbonyl (C=O) groups excluding carboxylic acids is 3. The molecule has 1 unspecified atom stereocenters. The molecule has 0 spiro atoms. The maximum absolute atomic E-state index is 12.8. The first kappa shape index (κ1) is 71.1. The molecule has 0 radical (unpaired) electrons. The molecule has 0 aliphatic rings. The van der Waals surface area contributed by atoms with Crippen LogP contribution in [0, 0.1) is 0 Å². The smallest absolute Gasteiger partial charge is 0.306 e. The van der Waals surface area contributed by atoms with Gasteiger partial charge in [-0.2, -0.15) is 0 Å². The summed E-state index contributed by atoms with van der Waals surface area (Å²) >= 11 is 0. The summed E-state index contributed by atoms with van der Waals surface area (Å²) in [5.41, 5.74) is 0. The Bertz CT molecular complexity index is 1330. The van der Waals surface area contributed by atoms with Gasteiger partial charge in [0.1, 0.15) is 13.2 Å². The molecule has 0 saturated heterocycles. The number of carbonyl (C=O) groups is 3. The fourth-order valence-corrected chi connectivity index (χ4v) is 9.43. The number of esters is 3. The van der Waals surface area contributed by atoms with Crippen molar-refractivity contribution in [2.75, 3.05) is 13.2 Å². The minimum absolute atomic E-state index is 0.0713. The van der Waals surface area contributed by atoms with Crippen molar-refractivity contribution in [3.8, 4) is 0 Å². The number of allylic oxidation sites excluding steroid dienone is 10. The van der Waals surface area contributed by atoms with Gasteiger partial charge < -0.3 is 14.2 Å². The molecule has 0 heterocycles. The van der Waals surface area contributed by atoms with E-state index in [0.717, 1.165) is 89.9 Å². The molecule has 0 aliphatic heterocycles. The minimum atomic E-state index is -0.772. The number of ether oxygens (including phenoxy) is 3. The second kappa shape index (κ2) is 62.6. The summed E-state index contributed by atoms with van der Waals surface area (Å²) in [5, 5.41) is 0. The van der Waals surface area contributed by atoms with Crippen LogP contribution < -0.4 is 0 Å². The van der Waals surface area contributed by atoms with Crippen LogP contribution in [0.25, 0.3) is 0 Å². The number of hydrogen-bond acceptors (Lipinski definition) is 6. The Morgan fingerprint density at radius 2 is 0.527 bits per heavy atom. The highest BCUT2D eigenvalue weighted by molar-refractivity contribution is 5.71. The van der Waals surface area contributed by atoms with Gasteiger partial charge in [-0.1, -0.05) is 293 Å². The SMILES string of the molecule is CC/C=C\C/C=C\C/C=C\C/C=C\CCCCCCCCCCCCCCCCCCCCC(=O)OCC(COC(=O)CCCCCCC/C=C\CCCCC)OC(=O)CCCCCCCCCCCCCCC. The van der Waals surface area contributed by atoms with Crippen molar-refractivity contribution in [3.05, 3.63) is 60.8 Å². The molecule has 0 aromatic carbocycles. The van der Waals surface area contributed by atoms with Crippen LogP contribution >= 0.6 is 0 Å². The van der Waals surface area contributed by atoms with Gasteiger partial charge in [-0.05, 0) is 83.5 Å². The van der Waals surface area contributed by atoms with Crippen LogP contribution in [0.4, 0.5) is 0 Å². The third-order valence-corrected chi connectivity index (χ3v) is 14.3. The van der Waals surface area contributed by atoms with E-state index in [1.807, 2.05) is 0 Å². The first-order valence-electron chi connectivity index (χ1n) is 32.3. The Balaban J connectivity index is 4.10. The summed E-state index contributed by atoms with van der Waals surface area (Å²) in [6.45, 7) is 6.54. The zero-order valence-electron chi connectivity index (χ0n) is 49.4. The summed E-state index contributed by atoms with van der Waals surface area (Å²) in [6.07, 6.45) is 79.6. The Morgan fingerprint density at radius 3 is 0.865 bits per heavy atom. The quantitative estimate of drug-likeness (QED) is 0.0261. The largest absolute Gasteiger partial charge is 0.462 e. The van der Waals surface area contributed by atoms with E-state index in [9.17, 15) is 14.4 Å². The molecule has 1 atom stereocenters. The maximum Gasteiger partial charge on any atom is 0.306 e. The molecule has 74 heavy (non-hydrogen) atoms. The van der Waals surface area contributed by atoms with E-state index < -0.39 is 6.10 Å². The van der Waals surface area contributed by atoms with Crippen LogP contribution in [-0.4, -0.2) is 37.2 Å². The van der Waals surface area contributed by atoms with Crippen molar-refractivity contribution < 1.29 is 28.6 Å². The second-order valence-electron chi connectivity index (χ2n) is 21.6. The minimum Gasteiger partial charge on any atom is -0.462 e. The van der Waals surface area contributed by atoms with Gasteiger partial charge in [0.2, 0.25) is 0 Å². The van der Waals surface area contributed by atoms with Crippen molar-refractivity contribution >= 4 is 17.9 Å². The molecule has 6 heteroatoms. The summed E-state index contributed by atoms with van der Waals surface area (Å²) in [7, 11) is 0. The molecule has 0 fully saturated rings. The van der Waals surface area contributed by atoms with Gasteiger partial charge in [0.15, 0.2) is 6.10 Å². The lowest BCUT2D eigenvalue weighted by molar-refractivity contribution is -0.167. The van der Waals surface area contributed by atoms with Crippen LogP contribution in [0.3, 0.4) is 0 Å². The van der Waals surface area contributed by atoms with Crippen molar-refractivity contribution in [1.82, 2.24) is 0 Å². The average Bonchev–Trinajstić information content (AvgIpc) is 3.40. The van der Waals surface area contributed by atoms with Crippen molar-refractivity contribution in [2.24, 2.45) is 0 Å². The van der Waals surface area contributed by atoms with Gasteiger partial charge >= 0.3 is 17.9 Å². The first-order chi connectivity index (χ1) is 36.5. The fourth-order valence-electron chi connectivity index (χ4n) is 9.43. The fraction of sp³-hybridized carbons (Fsp3) is 0.809. The average molecular weight is 1040 g/mol. The van der Waals surface area contributed by atoms with Crippen LogP contribution in [0.15, 0.2) is 60.8 Å². The first-order valence-corrected chi connectivity index (χ1v) is 32.3. The lowest BCUT2D eigenvalue weighted by Crippen LogP contribution is -2.30. The Morgan fingerprint density at radius 1 is 0.284 bits per heavy atom. The van der Waals surface area contributed by atoms with Gasteiger partial charge in [-0.3, -0.25) is 14.4 Å². The van der Waals surface area contributed by atoms with Crippen LogP contribution in [0.1, 0.15) is 335 Å². The van der Waals surface area contributed by atoms with Gasteiger partial charge in [-0.15, -0.1) is 0 Å². The molecular weight excluding hydrogens is 913 g/mol. The summed E-state index contributed by atoms with van der Waals surface area (Å²) in [5.74, 6) is -0.862. The highest BCUT2D eigenvalue weighted by Gasteiger charge is 2.19. The topological polar surface area (TPSA) is 78.9 Å². The van der Waals surface area contributed by atoms with Gasteiger partial charge in [-0.25, -0.2) is 0 Å². The van der Waals surface area contributed by atoms with E-state index >= 15 is 0 Å². The van der Waals surface area contributed by atoms with E-state index in [-0.39, 0.29) is 31.1 Å². The lowest BCUT2D eigenvalue weighted by Gasteiger charge is -2.18. The highest BCUT2D eigenvalue weighted by Crippen LogP contribution is 2.17. The van der Waals surface area contributed by atoms with Gasteiger partial charge in [0.25, 0.3) is 0 Å². The molecule has 0 aromatic heterocycles. The highest BCUT2D eigenvalue weighted by atomic mass is 16.6. The second-order valence-corrected chi connectivity index (χ2v) is 21.6. The molecule has 0 amide bonds. The standard InChI is InChI=1S/C68H122O6/c1-4-7-10-13-16-19-22-25-26-27-28-29-30-31-32-33-34-35-36-37-38-39-40-41-42-44-46-49-52-55-58-61-67(70)73-64-65(63-72-66(69)60-57-54-51-48-45-24-21-18-15-12-9-6-3)74-68(71)62-59-56-53-50-47-43-23-20-17-14-11-8-5-2/h7,10,16,18-19,21,25-26,28-29,65H,4-6,8-9,11-15,17,20,22-24,27,30-64H2,1-3H3/b10-7-,19-16-,21-18-,26-25-,29-28-. The molecule has 0 aromatic rings. The van der Waals surface area contributed by atoms with Gasteiger partial charge in [0.05, 0.1) is 0 Å². The summed E-state index contributed by atoms with van der Waals surface area (Å²) in [6, 6.07) is 0. The predicted molar refractivity (Wildman–Crippen MR) is 321 cm³/mol. The third-order valence-electron chi connectivity index (χ3n) is 14.3. The van der Waals surface area contributed by atoms with Crippen molar-refractivity contribution in [3.63, 3.8) is 0 Å². The molecule has 430 valence electrons. The van der Waals surface area contributed by atoms with E-state index in [0.29, 0.717) is 19.3 Å². The van der Waals surface area contributed by atoms with Crippen molar-refractivity contribution in [2.45, 2.75) is 341 Å². The lowest BCUT2D eigenvalue weighted by atomic mass is 10.0. The Hall–Kier alpha value is -2.89. The number of rotatable bonds is 59. The van der Waals surface area contributed by atoms with E-state index in [1.54, 1.807) is 0 Å². The molecule has 0 rings (SSSR count). The van der Waals surface area contributed by atoms with Gasteiger partial charge in [0, 0.05) is 19.3 Å². The molecule has 6 nitrogen and oxygen atoms in total. The van der Waals surface area contributed by atoms with Crippen molar-refractivity contribution in [1.29, 1.82) is 0 Å². The Kier molecular flexibility index (Phi) is 60.2. The maximum atomic E-state index is 12.8. The summed E-state index contributed by atoms with van der Waals surface area (Å²) < 4.78 is 16.9. The molecule has 0 bridgehead atoms. The predicted octanol–water partition coefficient (Wildman–Crippen LogP) is 21.9. The monoisotopic (exact) mass is 1030 g/mol. The third kappa shape index (κ3) is 60.0. The molecular formula is C68H122O6. The zero-order valence-corrected chi connectivity index (χ0v) is 49.4. The van der Waals surface area contributed by atoms with E-state index in [2.05, 4.69) is 81.5 Å². The molecule has 0 saturated carbocycles. The van der Waals surface area contributed by atoms with E-state index in [1.165, 1.54) is 205 Å². The van der Waals surface area contributed by atoms with E-state index in [4.69, 9.17) is 14.2 Å². The Labute approximate surface area is 460 Å². The zero-order chi connectivity index (χ0) is 53.6. The molecule has 0 aliphatic carbocycles. The molecule has 0 N–H and O–H groups in total.